The lowest BCUT2D eigenvalue weighted by molar-refractivity contribution is 0.101. The molecule has 1 saturated carbocycles. The number of pyridine rings is 2. The van der Waals surface area contributed by atoms with E-state index in [4.69, 9.17) is 17.3 Å². The van der Waals surface area contributed by atoms with E-state index >= 15 is 0 Å². The maximum Gasteiger partial charge on any atom is 0.170 e. The van der Waals surface area contributed by atoms with Crippen molar-refractivity contribution in [1.29, 1.82) is 0 Å². The summed E-state index contributed by atoms with van der Waals surface area (Å²) in [6.45, 7) is 1.49. The number of phenolic OH excluding ortho intramolecular Hbond substituents is 1. The standard InChI is InChI=1S/C22H22ClFN4O2.CH4/c1-11(29)15-10-26-19-7-6-18(12-8-16(23)22(30)17(24)9-12)28-21(19)20(15)27-14-4-2-13(25)3-5-14;/h6-10,13-14,30H,2-5,25H2,1H3,(H,26,27);1H4. The number of nitrogens with two attached hydrogens (primary N) is 1. The summed E-state index contributed by atoms with van der Waals surface area (Å²) >= 11 is 5.93. The van der Waals surface area contributed by atoms with Gasteiger partial charge >= 0.3 is 0 Å². The lowest BCUT2D eigenvalue weighted by Crippen LogP contribution is -2.33. The molecule has 0 aliphatic heterocycles. The number of carbonyl (C=O) groups excluding carboxylic acids is 1. The van der Waals surface area contributed by atoms with Crippen molar-refractivity contribution in [1.82, 2.24) is 9.97 Å². The van der Waals surface area contributed by atoms with Gasteiger partial charge in [-0.3, -0.25) is 9.78 Å². The topological polar surface area (TPSA) is 101 Å². The van der Waals surface area contributed by atoms with Crippen LogP contribution in [0.25, 0.3) is 22.3 Å². The number of nitrogens with one attached hydrogen (secondary N) is 1. The van der Waals surface area contributed by atoms with Crippen LogP contribution in [0.1, 0.15) is 50.4 Å². The summed E-state index contributed by atoms with van der Waals surface area (Å²) in [5.41, 5.74) is 9.11. The van der Waals surface area contributed by atoms with Crippen molar-refractivity contribution in [3.63, 3.8) is 0 Å². The zero-order valence-corrected chi connectivity index (χ0v) is 17.2. The molecular formula is C23H26ClFN4O2. The first kappa shape index (κ1) is 22.9. The number of anilines is 1. The quantitative estimate of drug-likeness (QED) is 0.471. The Labute approximate surface area is 185 Å². The predicted molar refractivity (Wildman–Crippen MR) is 122 cm³/mol. The van der Waals surface area contributed by atoms with Crippen molar-refractivity contribution in [3.8, 4) is 17.0 Å². The van der Waals surface area contributed by atoms with Crippen LogP contribution >= 0.6 is 11.6 Å². The number of benzene rings is 1. The third-order valence-electron chi connectivity index (χ3n) is 5.53. The molecule has 0 radical (unpaired) electrons. The number of hydrogen-bond acceptors (Lipinski definition) is 6. The minimum absolute atomic E-state index is 0. The number of rotatable bonds is 4. The first-order chi connectivity index (χ1) is 14.3. The smallest absolute Gasteiger partial charge is 0.170 e. The Morgan fingerprint density at radius 1 is 1.26 bits per heavy atom. The Hall–Kier alpha value is -2.77. The Morgan fingerprint density at radius 2 is 1.97 bits per heavy atom. The minimum Gasteiger partial charge on any atom is -0.504 e. The van der Waals surface area contributed by atoms with E-state index in [9.17, 15) is 14.3 Å². The molecule has 0 atom stereocenters. The normalized spacial score (nSPS) is 18.5. The molecule has 164 valence electrons. The maximum absolute atomic E-state index is 14.0. The van der Waals surface area contributed by atoms with E-state index in [0.717, 1.165) is 25.7 Å². The van der Waals surface area contributed by atoms with E-state index in [2.05, 4.69) is 15.3 Å². The van der Waals surface area contributed by atoms with Gasteiger partial charge in [0.1, 0.15) is 5.52 Å². The van der Waals surface area contributed by atoms with Gasteiger partial charge in [0.2, 0.25) is 0 Å². The number of aromatic nitrogens is 2. The van der Waals surface area contributed by atoms with Crippen LogP contribution in [0.2, 0.25) is 5.02 Å². The number of aromatic hydroxyl groups is 1. The fourth-order valence-electron chi connectivity index (χ4n) is 3.82. The molecule has 3 aromatic rings. The molecule has 1 aromatic carbocycles. The maximum atomic E-state index is 14.0. The van der Waals surface area contributed by atoms with Crippen LogP contribution in [-0.4, -0.2) is 32.9 Å². The number of fused-ring (bicyclic) bond motifs is 1. The molecule has 6 nitrogen and oxygen atoms in total. The van der Waals surface area contributed by atoms with Crippen LogP contribution in [0, 0.1) is 5.82 Å². The lowest BCUT2D eigenvalue weighted by atomic mass is 9.91. The van der Waals surface area contributed by atoms with Crippen LogP contribution in [-0.2, 0) is 0 Å². The van der Waals surface area contributed by atoms with Gasteiger partial charge < -0.3 is 16.2 Å². The average Bonchev–Trinajstić information content (AvgIpc) is 2.73. The molecule has 2 aromatic heterocycles. The second kappa shape index (κ2) is 9.16. The Balaban J connectivity index is 0.00000272. The fourth-order valence-corrected chi connectivity index (χ4v) is 4.03. The molecule has 8 heteroatoms. The van der Waals surface area contributed by atoms with Crippen molar-refractivity contribution in [3.05, 3.63) is 46.9 Å². The van der Waals surface area contributed by atoms with Crippen molar-refractivity contribution < 1.29 is 14.3 Å². The molecule has 0 amide bonds. The van der Waals surface area contributed by atoms with Gasteiger partial charge in [0.25, 0.3) is 0 Å². The second-order valence-corrected chi connectivity index (χ2v) is 8.12. The molecule has 4 rings (SSSR count). The van der Waals surface area contributed by atoms with Gasteiger partial charge in [0.15, 0.2) is 17.3 Å². The molecule has 0 unspecified atom stereocenters. The summed E-state index contributed by atoms with van der Waals surface area (Å²) < 4.78 is 14.0. The number of phenols is 1. The number of halogens is 2. The van der Waals surface area contributed by atoms with E-state index in [0.29, 0.717) is 33.5 Å². The molecule has 2 heterocycles. The van der Waals surface area contributed by atoms with Crippen LogP contribution < -0.4 is 11.1 Å². The van der Waals surface area contributed by atoms with Crippen LogP contribution in [0.5, 0.6) is 5.75 Å². The SMILES string of the molecule is C.CC(=O)c1cnc2ccc(-c3cc(F)c(O)c(Cl)c3)nc2c1NC1CCC(N)CC1. The summed E-state index contributed by atoms with van der Waals surface area (Å²) in [7, 11) is 0. The van der Waals surface area contributed by atoms with E-state index < -0.39 is 11.6 Å². The highest BCUT2D eigenvalue weighted by molar-refractivity contribution is 6.32. The highest BCUT2D eigenvalue weighted by atomic mass is 35.5. The van der Waals surface area contributed by atoms with Gasteiger partial charge in [-0.1, -0.05) is 19.0 Å². The van der Waals surface area contributed by atoms with Crippen LogP contribution in [0.3, 0.4) is 0 Å². The summed E-state index contributed by atoms with van der Waals surface area (Å²) in [6, 6.07) is 6.48. The largest absolute Gasteiger partial charge is 0.504 e. The molecule has 0 saturated heterocycles. The highest BCUT2D eigenvalue weighted by Crippen LogP contribution is 2.34. The van der Waals surface area contributed by atoms with Gasteiger partial charge in [0.05, 0.1) is 27.5 Å². The summed E-state index contributed by atoms with van der Waals surface area (Å²) in [5.74, 6) is -1.54. The first-order valence-corrected chi connectivity index (χ1v) is 10.2. The summed E-state index contributed by atoms with van der Waals surface area (Å²) in [5, 5.41) is 13.0. The molecule has 1 aliphatic rings. The van der Waals surface area contributed by atoms with Crippen LogP contribution in [0.15, 0.2) is 30.5 Å². The molecular weight excluding hydrogens is 419 g/mol. The van der Waals surface area contributed by atoms with E-state index in [1.54, 1.807) is 18.3 Å². The van der Waals surface area contributed by atoms with Gasteiger partial charge in [-0.15, -0.1) is 0 Å². The van der Waals surface area contributed by atoms with Gasteiger partial charge in [-0.2, -0.15) is 0 Å². The van der Waals surface area contributed by atoms with Crippen molar-refractivity contribution in [2.24, 2.45) is 5.73 Å². The zero-order chi connectivity index (χ0) is 21.4. The molecule has 4 N–H and O–H groups in total. The highest BCUT2D eigenvalue weighted by Gasteiger charge is 2.22. The first-order valence-electron chi connectivity index (χ1n) is 9.84. The number of nitrogens with zero attached hydrogens (tertiary/aromatic N) is 2. The Kier molecular flexibility index (Phi) is 6.77. The van der Waals surface area contributed by atoms with Gasteiger partial charge in [-0.05, 0) is 56.9 Å². The molecule has 0 bridgehead atoms. The van der Waals surface area contributed by atoms with Crippen molar-refractivity contribution in [2.75, 3.05) is 5.32 Å². The molecule has 1 aliphatic carbocycles. The van der Waals surface area contributed by atoms with Gasteiger partial charge in [0, 0.05) is 23.8 Å². The fraction of sp³-hybridized carbons (Fsp3) is 0.348. The average molecular weight is 445 g/mol. The number of ketones is 1. The number of Topliss-reactive ketones (excluding diaryl/α,β-unsaturated/α-hetero) is 1. The predicted octanol–water partition coefficient (Wildman–Crippen LogP) is 5.32. The Morgan fingerprint density at radius 3 is 2.61 bits per heavy atom. The molecule has 31 heavy (non-hydrogen) atoms. The zero-order valence-electron chi connectivity index (χ0n) is 16.5. The van der Waals surface area contributed by atoms with Crippen LogP contribution in [0.4, 0.5) is 10.1 Å². The van der Waals surface area contributed by atoms with Gasteiger partial charge in [-0.25, -0.2) is 9.37 Å². The minimum atomic E-state index is -0.827. The summed E-state index contributed by atoms with van der Waals surface area (Å²) in [4.78, 5) is 21.3. The lowest BCUT2D eigenvalue weighted by Gasteiger charge is -2.28. The van der Waals surface area contributed by atoms with Crippen molar-refractivity contribution in [2.45, 2.75) is 52.1 Å². The molecule has 1 fully saturated rings. The second-order valence-electron chi connectivity index (χ2n) is 7.71. The van der Waals surface area contributed by atoms with E-state index in [-0.39, 0.29) is 30.3 Å². The molecule has 0 spiro atoms. The Bertz CT molecular complexity index is 1110. The monoisotopic (exact) mass is 444 g/mol. The number of carbonyl (C=O) groups is 1. The van der Waals surface area contributed by atoms with Crippen molar-refractivity contribution >= 4 is 34.1 Å². The third kappa shape index (κ3) is 4.62. The van der Waals surface area contributed by atoms with E-state index in [1.165, 1.54) is 19.1 Å². The number of hydrogen-bond donors (Lipinski definition) is 3. The van der Waals surface area contributed by atoms with E-state index in [1.807, 2.05) is 0 Å². The summed E-state index contributed by atoms with van der Waals surface area (Å²) in [6.07, 6.45) is 5.20. The third-order valence-corrected chi connectivity index (χ3v) is 5.81.